The molecule has 0 aliphatic carbocycles. The molecule has 52 heavy (non-hydrogen) atoms. The number of anilines is 2. The van der Waals surface area contributed by atoms with E-state index in [9.17, 15) is 45.5 Å². The number of nitrogens with zero attached hydrogens (tertiary/aromatic N) is 1. The Bertz CT molecular complexity index is 1690. The van der Waals surface area contributed by atoms with Crippen molar-refractivity contribution in [1.82, 2.24) is 5.32 Å². The van der Waals surface area contributed by atoms with Gasteiger partial charge in [-0.3, -0.25) is 29.4 Å². The van der Waals surface area contributed by atoms with Crippen LogP contribution in [0.1, 0.15) is 38.8 Å². The summed E-state index contributed by atoms with van der Waals surface area (Å²) in [7, 11) is 0. The largest absolute Gasteiger partial charge is 0.490 e. The molecule has 1 atom stereocenters. The average Bonchev–Trinajstić information content (AvgIpc) is 3.55. The summed E-state index contributed by atoms with van der Waals surface area (Å²) in [6.07, 6.45) is -9.20. The van der Waals surface area contributed by atoms with Crippen LogP contribution in [0.15, 0.2) is 72.8 Å². The van der Waals surface area contributed by atoms with Crippen LogP contribution < -0.4 is 27.0 Å². The van der Waals surface area contributed by atoms with Gasteiger partial charge >= 0.3 is 30.3 Å². The van der Waals surface area contributed by atoms with Gasteiger partial charge < -0.3 is 32.1 Å². The maximum atomic E-state index is 12.6. The number of para-hydroxylation sites is 1. The highest BCUT2D eigenvalue weighted by Crippen LogP contribution is 2.23. The Hall–Kier alpha value is -6.02. The number of nitrogens with one attached hydrogen (secondary N) is 2. The van der Waals surface area contributed by atoms with Gasteiger partial charge in [-0.2, -0.15) is 26.3 Å². The van der Waals surface area contributed by atoms with Gasteiger partial charge in [0.15, 0.2) is 0 Å². The maximum absolute atomic E-state index is 12.6. The molecule has 0 aromatic heterocycles. The van der Waals surface area contributed by atoms with Crippen molar-refractivity contribution in [2.45, 2.75) is 38.3 Å². The molecule has 282 valence electrons. The number of carboxylic acids is 3. The van der Waals surface area contributed by atoms with Crippen LogP contribution in [0.2, 0.25) is 0 Å². The van der Waals surface area contributed by atoms with E-state index in [0.717, 1.165) is 24.2 Å². The minimum absolute atomic E-state index is 0.325. The lowest BCUT2D eigenvalue weighted by Gasteiger charge is -2.21. The highest BCUT2D eigenvalue weighted by atomic mass is 19.4. The molecule has 0 bridgehead atoms. The van der Waals surface area contributed by atoms with E-state index >= 15 is 0 Å². The Morgan fingerprint density at radius 2 is 1.38 bits per heavy atom. The van der Waals surface area contributed by atoms with Crippen molar-refractivity contribution < 1.29 is 70.4 Å². The monoisotopic (exact) mass is 745 g/mol. The molecule has 9 N–H and O–H groups in total. The number of carboxylic acid groups (broad SMARTS) is 3. The highest BCUT2D eigenvalue weighted by Gasteiger charge is 2.39. The minimum Gasteiger partial charge on any atom is -0.480 e. The predicted molar refractivity (Wildman–Crippen MR) is 172 cm³/mol. The summed E-state index contributed by atoms with van der Waals surface area (Å²) in [6.45, 7) is 2.35. The van der Waals surface area contributed by atoms with Crippen molar-refractivity contribution in [2.75, 3.05) is 23.3 Å². The fourth-order valence-corrected chi connectivity index (χ4v) is 3.74. The van der Waals surface area contributed by atoms with Gasteiger partial charge in [0.05, 0.1) is 6.04 Å². The van der Waals surface area contributed by atoms with Crippen LogP contribution in [0.4, 0.5) is 37.7 Å². The Morgan fingerprint density at radius 1 is 0.827 bits per heavy atom. The molecule has 0 saturated heterocycles. The van der Waals surface area contributed by atoms with Crippen molar-refractivity contribution in [3.63, 3.8) is 0 Å². The molecule has 0 fully saturated rings. The van der Waals surface area contributed by atoms with E-state index in [4.69, 9.17) is 36.4 Å². The molecule has 3 amide bonds. The Balaban J connectivity index is 0.000000388. The number of rotatable bonds is 7. The zero-order chi connectivity index (χ0) is 39.8. The zero-order valence-corrected chi connectivity index (χ0v) is 27.0. The molecule has 3 aromatic rings. The van der Waals surface area contributed by atoms with Gasteiger partial charge in [-0.25, -0.2) is 9.59 Å². The van der Waals surface area contributed by atoms with Gasteiger partial charge in [-0.05, 0) is 60.9 Å². The van der Waals surface area contributed by atoms with Gasteiger partial charge in [-0.1, -0.05) is 36.4 Å². The van der Waals surface area contributed by atoms with Gasteiger partial charge in [0.25, 0.3) is 11.8 Å². The molecule has 0 saturated carbocycles. The van der Waals surface area contributed by atoms with Crippen molar-refractivity contribution >= 4 is 47.0 Å². The van der Waals surface area contributed by atoms with Gasteiger partial charge in [0.1, 0.15) is 6.54 Å². The maximum Gasteiger partial charge on any atom is 0.490 e. The van der Waals surface area contributed by atoms with E-state index in [-0.39, 0.29) is 5.91 Å². The van der Waals surface area contributed by atoms with Crippen LogP contribution in [0, 0.1) is 0 Å². The second-order valence-corrected chi connectivity index (χ2v) is 10.3. The van der Waals surface area contributed by atoms with Crippen molar-refractivity contribution in [1.29, 1.82) is 0 Å². The highest BCUT2D eigenvalue weighted by molar-refractivity contribution is 6.08. The lowest BCUT2D eigenvalue weighted by molar-refractivity contribution is -0.193. The summed E-state index contributed by atoms with van der Waals surface area (Å²) in [6, 6.07) is 20.3. The summed E-state index contributed by atoms with van der Waals surface area (Å²) in [5.41, 5.74) is 15.4. The number of amides is 3. The molecule has 3 aromatic carbocycles. The first-order valence-corrected chi connectivity index (χ1v) is 14.5. The summed E-state index contributed by atoms with van der Waals surface area (Å²) in [5, 5.41) is 28.7. The van der Waals surface area contributed by atoms with E-state index in [1.54, 1.807) is 54.6 Å². The number of benzene rings is 3. The molecular weight excluding hydrogens is 712 g/mol. The molecule has 1 aliphatic rings. The van der Waals surface area contributed by atoms with Crippen molar-refractivity contribution in [3.05, 3.63) is 95.1 Å². The second kappa shape index (κ2) is 20.0. The number of carbonyl (C=O) groups excluding carboxylic acids is 3. The molecule has 1 aliphatic heterocycles. The molecule has 0 radical (unpaired) electrons. The zero-order valence-electron chi connectivity index (χ0n) is 27.0. The smallest absolute Gasteiger partial charge is 0.480 e. The third-order valence-electron chi connectivity index (χ3n) is 6.23. The van der Waals surface area contributed by atoms with Crippen LogP contribution in [0.25, 0.3) is 0 Å². The standard InChI is InChI=1S/C16H16N2O3.C12H15N3O2.2C2HF3O2/c17-10-12-5-4-6-13(9-12)16(21)18(11-15(19)20)14-7-2-1-3-8-14;1-7(13)11(16)15-12(17)9-3-2-8-4-5-14-10(8)6-9;2*3-2(4,5)1(6)7/h1-9H,10-11,17H2,(H,19,20);2-3,6-7,14H,4-5,13H2,1H3,(H,15,16,17);2*(H,6,7)/t;7-;;/m.0../s1. The summed E-state index contributed by atoms with van der Waals surface area (Å²) < 4.78 is 63.5. The minimum atomic E-state index is -5.08. The number of imide groups is 1. The average molecular weight is 746 g/mol. The first kappa shape index (κ1) is 44.0. The van der Waals surface area contributed by atoms with E-state index in [0.29, 0.717) is 23.4 Å². The third-order valence-corrected chi connectivity index (χ3v) is 6.23. The number of hydrogen-bond donors (Lipinski definition) is 7. The Labute approximate surface area is 291 Å². The van der Waals surface area contributed by atoms with Crippen LogP contribution in [0.3, 0.4) is 0 Å². The Morgan fingerprint density at radius 3 is 1.87 bits per heavy atom. The number of carbonyl (C=O) groups is 6. The molecule has 1 heterocycles. The summed E-state index contributed by atoms with van der Waals surface area (Å²) in [5.74, 6) is -7.83. The van der Waals surface area contributed by atoms with Crippen LogP contribution in [0.5, 0.6) is 0 Å². The van der Waals surface area contributed by atoms with E-state index in [1.165, 1.54) is 17.4 Å². The van der Waals surface area contributed by atoms with Crippen LogP contribution in [-0.2, 0) is 32.1 Å². The van der Waals surface area contributed by atoms with E-state index in [2.05, 4.69) is 10.6 Å². The van der Waals surface area contributed by atoms with Crippen LogP contribution in [-0.4, -0.2) is 82.4 Å². The first-order chi connectivity index (χ1) is 24.1. The molecule has 0 spiro atoms. The topological polar surface area (TPSA) is 242 Å². The van der Waals surface area contributed by atoms with E-state index in [1.807, 2.05) is 18.2 Å². The van der Waals surface area contributed by atoms with E-state index < -0.39 is 54.7 Å². The number of fused-ring (bicyclic) bond motifs is 1. The van der Waals surface area contributed by atoms with Gasteiger partial charge in [-0.15, -0.1) is 0 Å². The number of hydrogen-bond acceptors (Lipinski definition) is 9. The normalized spacial score (nSPS) is 11.9. The third kappa shape index (κ3) is 15.3. The number of nitrogens with two attached hydrogens (primary N) is 2. The van der Waals surface area contributed by atoms with Gasteiger partial charge in [0.2, 0.25) is 5.91 Å². The quantitative estimate of drug-likeness (QED) is 0.172. The predicted octanol–water partition coefficient (Wildman–Crippen LogP) is 3.40. The van der Waals surface area contributed by atoms with Crippen molar-refractivity contribution in [3.8, 4) is 0 Å². The summed E-state index contributed by atoms with van der Waals surface area (Å²) in [4.78, 5) is 65.7. The first-order valence-electron chi connectivity index (χ1n) is 14.5. The lowest BCUT2D eigenvalue weighted by Crippen LogP contribution is -2.41. The lowest BCUT2D eigenvalue weighted by atomic mass is 10.1. The van der Waals surface area contributed by atoms with Crippen molar-refractivity contribution in [2.24, 2.45) is 11.5 Å². The number of aliphatic carboxylic acids is 3. The Kier molecular flexibility index (Phi) is 16.9. The fraction of sp³-hybridized carbons (Fsp3) is 0.250. The molecule has 4 rings (SSSR count). The fourth-order valence-electron chi connectivity index (χ4n) is 3.74. The molecule has 0 unspecified atom stereocenters. The number of halogens is 6. The number of alkyl halides is 6. The second-order valence-electron chi connectivity index (χ2n) is 10.3. The van der Waals surface area contributed by atoms with Crippen LogP contribution >= 0.6 is 0 Å². The van der Waals surface area contributed by atoms with Gasteiger partial charge in [0, 0.05) is 35.6 Å². The summed E-state index contributed by atoms with van der Waals surface area (Å²) >= 11 is 0. The SMILES string of the molecule is C[C@H](N)C(=O)NC(=O)c1ccc2c(c1)NCC2.NCc1cccc(C(=O)N(CC(=O)O)c2ccccc2)c1.O=C(O)C(F)(F)F.O=C(O)C(F)(F)F. The molecule has 20 heteroatoms. The molecular formula is C32H33F6N5O9. The molecule has 14 nitrogen and oxygen atoms in total.